The lowest BCUT2D eigenvalue weighted by molar-refractivity contribution is -0.106. The van der Waals surface area contributed by atoms with E-state index in [4.69, 9.17) is 27.7 Å². The molecule has 0 heterocycles. The highest BCUT2D eigenvalue weighted by Gasteiger charge is 1.76. The average Bonchev–Trinajstić information content (AvgIpc) is 2.34. The van der Waals surface area contributed by atoms with Crippen LogP contribution < -0.4 is 45.7 Å². The van der Waals surface area contributed by atoms with E-state index in [0.29, 0.717) is 26.2 Å². The van der Waals surface area contributed by atoms with E-state index in [9.17, 15) is 0 Å². The van der Waals surface area contributed by atoms with Gasteiger partial charge in [-0.1, -0.05) is 0 Å². The fraction of sp³-hybridized carbons (Fsp3) is 0.857. The van der Waals surface area contributed by atoms with Crippen molar-refractivity contribution in [3.05, 3.63) is 0 Å². The SMILES string of the molecule is NC=O.NCCN.NCCNCCN.NN. The summed E-state index contributed by atoms with van der Waals surface area (Å²) in [6.45, 7) is 4.33. The molecule has 0 unspecified atom stereocenters. The lowest BCUT2D eigenvalue weighted by Crippen LogP contribution is -2.27. The molecule has 0 aromatic heterocycles. The number of nitrogens with one attached hydrogen (secondary N) is 1. The number of amides is 1. The van der Waals surface area contributed by atoms with Crippen molar-refractivity contribution in [1.82, 2.24) is 5.32 Å². The average molecular weight is 240 g/mol. The molecule has 16 heavy (non-hydrogen) atoms. The largest absolute Gasteiger partial charge is 0.372 e. The predicted molar refractivity (Wildman–Crippen MR) is 67.7 cm³/mol. The maximum Gasteiger partial charge on any atom is 0.204 e. The first-order valence-corrected chi connectivity index (χ1v) is 4.74. The molecule has 0 fully saturated rings. The smallest absolute Gasteiger partial charge is 0.204 e. The van der Waals surface area contributed by atoms with E-state index in [1.807, 2.05) is 0 Å². The van der Waals surface area contributed by atoms with Crippen LogP contribution in [-0.4, -0.2) is 45.7 Å². The minimum atomic E-state index is 0.250. The Morgan fingerprint density at radius 2 is 1.06 bits per heavy atom. The van der Waals surface area contributed by atoms with Crippen molar-refractivity contribution in [3.63, 3.8) is 0 Å². The molecular weight excluding hydrogens is 212 g/mol. The molecule has 0 bridgehead atoms. The number of carbonyl (C=O) groups excluding carboxylic acids is 1. The van der Waals surface area contributed by atoms with Gasteiger partial charge >= 0.3 is 0 Å². The summed E-state index contributed by atoms with van der Waals surface area (Å²) in [5, 5.41) is 3.03. The van der Waals surface area contributed by atoms with Crippen molar-refractivity contribution >= 4 is 6.41 Å². The quantitative estimate of drug-likeness (QED) is 0.101. The van der Waals surface area contributed by atoms with E-state index in [0.717, 1.165) is 13.1 Å². The minimum absolute atomic E-state index is 0.250. The second-order valence-electron chi connectivity index (χ2n) is 2.04. The van der Waals surface area contributed by atoms with Crippen LogP contribution in [0.5, 0.6) is 0 Å². The second-order valence-corrected chi connectivity index (χ2v) is 2.04. The Morgan fingerprint density at radius 3 is 1.19 bits per heavy atom. The van der Waals surface area contributed by atoms with Crippen LogP contribution in [-0.2, 0) is 4.79 Å². The van der Waals surface area contributed by atoms with Crippen LogP contribution in [0, 0.1) is 0 Å². The number of hydrogen-bond donors (Lipinski definition) is 8. The van der Waals surface area contributed by atoms with Gasteiger partial charge < -0.3 is 34.0 Å². The molecule has 0 saturated heterocycles. The molecule has 0 saturated carbocycles. The predicted octanol–water partition coefficient (Wildman–Crippen LogP) is -4.68. The number of nitrogens with two attached hydrogens (primary N) is 7. The lowest BCUT2D eigenvalue weighted by Gasteiger charge is -1.95. The first-order valence-electron chi connectivity index (χ1n) is 4.74. The summed E-state index contributed by atoms with van der Waals surface area (Å²) in [7, 11) is 0. The molecular formula is C7H28N8O. The maximum atomic E-state index is 8.58. The Bertz CT molecular complexity index is 78.8. The molecule has 0 aliphatic rings. The zero-order valence-corrected chi connectivity index (χ0v) is 9.77. The molecule has 102 valence electrons. The monoisotopic (exact) mass is 240 g/mol. The first-order chi connectivity index (χ1) is 7.74. The number of hydrazine groups is 1. The highest BCUT2D eigenvalue weighted by atomic mass is 16.1. The van der Waals surface area contributed by atoms with Crippen LogP contribution in [0.15, 0.2) is 0 Å². The van der Waals surface area contributed by atoms with Crippen LogP contribution in [0.25, 0.3) is 0 Å². The van der Waals surface area contributed by atoms with Gasteiger partial charge in [0, 0.05) is 39.3 Å². The topological polar surface area (TPSA) is 211 Å². The molecule has 9 nitrogen and oxygen atoms in total. The van der Waals surface area contributed by atoms with Gasteiger partial charge in [-0.3, -0.25) is 16.5 Å². The Balaban J connectivity index is -0.0000000685. The molecule has 0 atom stereocenters. The Hall–Kier alpha value is -0.810. The molecule has 0 aromatic rings. The maximum absolute atomic E-state index is 8.58. The minimum Gasteiger partial charge on any atom is -0.372 e. The second kappa shape index (κ2) is 47.8. The fourth-order valence-electron chi connectivity index (χ4n) is 0.329. The molecule has 0 spiro atoms. The number of primary amides is 1. The fourth-order valence-corrected chi connectivity index (χ4v) is 0.329. The van der Waals surface area contributed by atoms with Crippen molar-refractivity contribution in [2.45, 2.75) is 0 Å². The van der Waals surface area contributed by atoms with Crippen molar-refractivity contribution in [1.29, 1.82) is 0 Å². The Labute approximate surface area is 97.0 Å². The van der Waals surface area contributed by atoms with E-state index in [1.54, 1.807) is 0 Å². The summed E-state index contributed by atoms with van der Waals surface area (Å²) < 4.78 is 0. The third-order valence-corrected chi connectivity index (χ3v) is 0.809. The molecule has 1 amide bonds. The highest BCUT2D eigenvalue weighted by Crippen LogP contribution is 1.49. The number of rotatable bonds is 5. The summed E-state index contributed by atoms with van der Waals surface area (Å²) in [5.41, 5.74) is 24.3. The van der Waals surface area contributed by atoms with E-state index in [-0.39, 0.29) is 6.41 Å². The van der Waals surface area contributed by atoms with Crippen molar-refractivity contribution in [2.24, 2.45) is 40.4 Å². The molecule has 0 rings (SSSR count). The summed E-state index contributed by atoms with van der Waals surface area (Å²) in [4.78, 5) is 8.58. The number of carbonyl (C=O) groups is 1. The first kappa shape index (κ1) is 24.4. The molecule has 0 aliphatic carbocycles. The van der Waals surface area contributed by atoms with Gasteiger partial charge in [-0.25, -0.2) is 0 Å². The summed E-state index contributed by atoms with van der Waals surface area (Å²) in [5.74, 6) is 8.00. The van der Waals surface area contributed by atoms with Crippen molar-refractivity contribution < 1.29 is 4.79 Å². The summed E-state index contributed by atoms with van der Waals surface area (Å²) in [6.07, 6.45) is 0.250. The van der Waals surface area contributed by atoms with Crippen molar-refractivity contribution in [2.75, 3.05) is 39.3 Å². The van der Waals surface area contributed by atoms with Crippen LogP contribution >= 0.6 is 0 Å². The van der Waals surface area contributed by atoms with Crippen LogP contribution in [0.3, 0.4) is 0 Å². The van der Waals surface area contributed by atoms with Crippen LogP contribution in [0.4, 0.5) is 0 Å². The van der Waals surface area contributed by atoms with Gasteiger partial charge in [-0.05, 0) is 0 Å². The van der Waals surface area contributed by atoms with Gasteiger partial charge in [0.15, 0.2) is 0 Å². The standard InChI is InChI=1S/C4H13N3.C2H8N2.CH3NO.H4N2/c5-1-3-7-4-2-6;3-1-2-4;2-1-3;1-2/h7H,1-6H2;1-4H2;1H,(H2,2,3);1-2H2. The molecule has 0 radical (unpaired) electrons. The van der Waals surface area contributed by atoms with E-state index in [1.165, 1.54) is 0 Å². The summed E-state index contributed by atoms with van der Waals surface area (Å²) in [6, 6.07) is 0. The summed E-state index contributed by atoms with van der Waals surface area (Å²) >= 11 is 0. The van der Waals surface area contributed by atoms with Crippen LogP contribution in [0.1, 0.15) is 0 Å². The van der Waals surface area contributed by atoms with Gasteiger partial charge in [0.25, 0.3) is 0 Å². The van der Waals surface area contributed by atoms with Crippen molar-refractivity contribution in [3.8, 4) is 0 Å². The van der Waals surface area contributed by atoms with Gasteiger partial charge in [-0.15, -0.1) is 0 Å². The van der Waals surface area contributed by atoms with Gasteiger partial charge in [0.2, 0.25) is 6.41 Å². The molecule has 0 aliphatic heterocycles. The van der Waals surface area contributed by atoms with E-state index < -0.39 is 0 Å². The zero-order valence-electron chi connectivity index (χ0n) is 9.77. The van der Waals surface area contributed by atoms with E-state index in [2.05, 4.69) is 22.7 Å². The Kier molecular flexibility index (Phi) is 72.9. The van der Waals surface area contributed by atoms with Crippen LogP contribution in [0.2, 0.25) is 0 Å². The van der Waals surface area contributed by atoms with E-state index >= 15 is 0 Å². The third-order valence-electron chi connectivity index (χ3n) is 0.809. The normalized spacial score (nSPS) is 7.12. The Morgan fingerprint density at radius 1 is 0.812 bits per heavy atom. The molecule has 0 aromatic carbocycles. The molecule has 9 heteroatoms. The van der Waals surface area contributed by atoms with Gasteiger partial charge in [-0.2, -0.15) is 0 Å². The number of hydrogen-bond acceptors (Lipinski definition) is 8. The molecule has 15 N–H and O–H groups in total. The van der Waals surface area contributed by atoms with Gasteiger partial charge in [0.1, 0.15) is 0 Å². The zero-order chi connectivity index (χ0) is 13.7. The highest BCUT2D eigenvalue weighted by molar-refractivity contribution is 5.42. The van der Waals surface area contributed by atoms with Gasteiger partial charge in [0.05, 0.1) is 0 Å². The third kappa shape index (κ3) is 112. The lowest BCUT2D eigenvalue weighted by atomic mass is 10.6.